The van der Waals surface area contributed by atoms with E-state index in [0.717, 1.165) is 49.9 Å². The summed E-state index contributed by atoms with van der Waals surface area (Å²) in [7, 11) is 0. The first-order valence-corrected chi connectivity index (χ1v) is 8.86. The number of nitrogens with one attached hydrogen (secondary N) is 2. The van der Waals surface area contributed by atoms with Gasteiger partial charge in [0.1, 0.15) is 17.8 Å². The molecule has 0 aliphatic carbocycles. The van der Waals surface area contributed by atoms with Crippen molar-refractivity contribution in [2.75, 3.05) is 24.5 Å². The summed E-state index contributed by atoms with van der Waals surface area (Å²) in [4.78, 5) is 11.5. The third kappa shape index (κ3) is 4.95. The lowest BCUT2D eigenvalue weighted by molar-refractivity contribution is 0.412. The van der Waals surface area contributed by atoms with Gasteiger partial charge in [-0.1, -0.05) is 11.2 Å². The molecule has 1 aliphatic heterocycles. The van der Waals surface area contributed by atoms with Crippen molar-refractivity contribution >= 4 is 11.8 Å². The molecule has 0 unspecified atom stereocenters. The Labute approximate surface area is 148 Å². The van der Waals surface area contributed by atoms with E-state index in [1.54, 1.807) is 6.26 Å². The number of rotatable bonds is 5. The van der Waals surface area contributed by atoms with Gasteiger partial charge in [-0.25, -0.2) is 9.98 Å². The Morgan fingerprint density at radius 2 is 2.16 bits per heavy atom. The smallest absolute Gasteiger partial charge is 0.191 e. The molecule has 0 amide bonds. The van der Waals surface area contributed by atoms with Crippen LogP contribution in [0.25, 0.3) is 0 Å². The normalized spacial score (nSPS) is 16.1. The Morgan fingerprint density at radius 3 is 2.80 bits per heavy atom. The van der Waals surface area contributed by atoms with Gasteiger partial charge >= 0.3 is 0 Å². The Hall–Kier alpha value is -2.57. The molecular formula is C18H26N6O. The fraction of sp³-hybridized carbons (Fsp3) is 0.500. The second-order valence-corrected chi connectivity index (χ2v) is 6.29. The molecule has 7 nitrogen and oxygen atoms in total. The van der Waals surface area contributed by atoms with Crippen LogP contribution in [0, 0.1) is 6.92 Å². The molecule has 3 heterocycles. The Kier molecular flexibility index (Phi) is 5.87. The average molecular weight is 342 g/mol. The predicted octanol–water partition coefficient (Wildman–Crippen LogP) is 2.10. The summed E-state index contributed by atoms with van der Waals surface area (Å²) in [5.41, 5.74) is 2.02. The van der Waals surface area contributed by atoms with Crippen molar-refractivity contribution in [3.63, 3.8) is 0 Å². The summed E-state index contributed by atoms with van der Waals surface area (Å²) in [6.07, 6.45) is 5.62. The monoisotopic (exact) mass is 342 g/mol. The van der Waals surface area contributed by atoms with Crippen molar-refractivity contribution in [3.8, 4) is 0 Å². The van der Waals surface area contributed by atoms with Crippen molar-refractivity contribution in [2.24, 2.45) is 4.99 Å². The molecule has 0 spiro atoms. The van der Waals surface area contributed by atoms with E-state index in [1.165, 1.54) is 5.56 Å². The van der Waals surface area contributed by atoms with Crippen LogP contribution in [0.4, 0.5) is 5.82 Å². The summed E-state index contributed by atoms with van der Waals surface area (Å²) >= 11 is 0. The SMILES string of the molecule is CCNC(=NCc1ccon1)NC1CCN(c2ccc(C)cn2)CC1. The maximum atomic E-state index is 4.85. The number of aryl methyl sites for hydroxylation is 1. The van der Waals surface area contributed by atoms with Gasteiger partial charge in [0.05, 0.1) is 6.54 Å². The molecule has 2 aromatic heterocycles. The van der Waals surface area contributed by atoms with E-state index in [1.807, 2.05) is 12.3 Å². The molecular weight excluding hydrogens is 316 g/mol. The largest absolute Gasteiger partial charge is 0.364 e. The van der Waals surface area contributed by atoms with E-state index in [0.29, 0.717) is 12.6 Å². The maximum absolute atomic E-state index is 4.85. The summed E-state index contributed by atoms with van der Waals surface area (Å²) in [5.74, 6) is 1.90. The standard InChI is InChI=1S/C18H26N6O/c1-3-19-18(21-13-16-8-11-25-23-16)22-15-6-9-24(10-7-15)17-5-4-14(2)12-20-17/h4-5,8,11-12,15H,3,6-7,9-10,13H2,1-2H3,(H2,19,21,22). The minimum absolute atomic E-state index is 0.414. The number of anilines is 1. The van der Waals surface area contributed by atoms with Gasteiger partial charge in [0.2, 0.25) is 0 Å². The number of hydrogen-bond donors (Lipinski definition) is 2. The van der Waals surface area contributed by atoms with Gasteiger partial charge in [-0.05, 0) is 38.3 Å². The van der Waals surface area contributed by atoms with Crippen molar-refractivity contribution in [2.45, 2.75) is 39.3 Å². The van der Waals surface area contributed by atoms with Gasteiger partial charge < -0.3 is 20.1 Å². The summed E-state index contributed by atoms with van der Waals surface area (Å²) in [6.45, 7) is 7.47. The maximum Gasteiger partial charge on any atom is 0.191 e. The molecule has 3 rings (SSSR count). The fourth-order valence-electron chi connectivity index (χ4n) is 2.89. The first-order valence-electron chi connectivity index (χ1n) is 8.86. The van der Waals surface area contributed by atoms with Crippen LogP contribution >= 0.6 is 0 Å². The highest BCUT2D eigenvalue weighted by molar-refractivity contribution is 5.80. The zero-order valence-corrected chi connectivity index (χ0v) is 14.9. The lowest BCUT2D eigenvalue weighted by Gasteiger charge is -2.33. The lowest BCUT2D eigenvalue weighted by Crippen LogP contribution is -2.48. The van der Waals surface area contributed by atoms with Crippen LogP contribution in [0.1, 0.15) is 31.0 Å². The van der Waals surface area contributed by atoms with E-state index in [-0.39, 0.29) is 0 Å². The lowest BCUT2D eigenvalue weighted by atomic mass is 10.1. The van der Waals surface area contributed by atoms with Crippen molar-refractivity contribution in [1.29, 1.82) is 0 Å². The molecule has 1 aliphatic rings. The highest BCUT2D eigenvalue weighted by Crippen LogP contribution is 2.18. The van der Waals surface area contributed by atoms with Crippen LogP contribution in [0.3, 0.4) is 0 Å². The van der Waals surface area contributed by atoms with Gasteiger partial charge in [0, 0.05) is 37.9 Å². The molecule has 0 radical (unpaired) electrons. The number of piperidine rings is 1. The van der Waals surface area contributed by atoms with Crippen LogP contribution in [-0.2, 0) is 6.54 Å². The highest BCUT2D eigenvalue weighted by atomic mass is 16.5. The Balaban J connectivity index is 1.52. The van der Waals surface area contributed by atoms with Gasteiger partial charge in [-0.2, -0.15) is 0 Å². The fourth-order valence-corrected chi connectivity index (χ4v) is 2.89. The van der Waals surface area contributed by atoms with E-state index in [2.05, 4.69) is 56.6 Å². The summed E-state index contributed by atoms with van der Waals surface area (Å²) in [5, 5.41) is 10.7. The van der Waals surface area contributed by atoms with Crippen LogP contribution < -0.4 is 15.5 Å². The predicted molar refractivity (Wildman–Crippen MR) is 98.7 cm³/mol. The van der Waals surface area contributed by atoms with Gasteiger partial charge in [-0.15, -0.1) is 0 Å². The van der Waals surface area contributed by atoms with E-state index in [9.17, 15) is 0 Å². The number of aliphatic imine (C=N–C) groups is 1. The number of pyridine rings is 1. The van der Waals surface area contributed by atoms with E-state index in [4.69, 9.17) is 4.52 Å². The highest BCUT2D eigenvalue weighted by Gasteiger charge is 2.20. The third-order valence-electron chi connectivity index (χ3n) is 4.29. The van der Waals surface area contributed by atoms with Crippen LogP contribution in [0.5, 0.6) is 0 Å². The van der Waals surface area contributed by atoms with Crippen molar-refractivity contribution in [3.05, 3.63) is 41.9 Å². The first kappa shape index (κ1) is 17.3. The topological polar surface area (TPSA) is 78.6 Å². The molecule has 2 N–H and O–H groups in total. The third-order valence-corrected chi connectivity index (χ3v) is 4.29. The number of aromatic nitrogens is 2. The van der Waals surface area contributed by atoms with Crippen molar-refractivity contribution in [1.82, 2.24) is 20.8 Å². The van der Waals surface area contributed by atoms with Gasteiger partial charge in [0.25, 0.3) is 0 Å². The molecule has 2 aromatic rings. The molecule has 0 saturated carbocycles. The summed E-state index contributed by atoms with van der Waals surface area (Å²) in [6, 6.07) is 6.47. The zero-order valence-electron chi connectivity index (χ0n) is 14.9. The molecule has 1 fully saturated rings. The zero-order chi connectivity index (χ0) is 17.5. The molecule has 7 heteroatoms. The molecule has 0 aromatic carbocycles. The quantitative estimate of drug-likeness (QED) is 0.640. The van der Waals surface area contributed by atoms with Gasteiger partial charge in [0.15, 0.2) is 5.96 Å². The minimum atomic E-state index is 0.414. The Morgan fingerprint density at radius 1 is 1.32 bits per heavy atom. The van der Waals surface area contributed by atoms with Gasteiger partial charge in [-0.3, -0.25) is 0 Å². The van der Waals surface area contributed by atoms with E-state index >= 15 is 0 Å². The molecule has 25 heavy (non-hydrogen) atoms. The molecule has 0 atom stereocenters. The second-order valence-electron chi connectivity index (χ2n) is 6.29. The average Bonchev–Trinajstić information content (AvgIpc) is 3.15. The Bertz CT molecular complexity index is 659. The second kappa shape index (κ2) is 8.50. The minimum Gasteiger partial charge on any atom is -0.364 e. The number of nitrogens with zero attached hydrogens (tertiary/aromatic N) is 4. The number of hydrogen-bond acceptors (Lipinski definition) is 5. The number of guanidine groups is 1. The summed E-state index contributed by atoms with van der Waals surface area (Å²) < 4.78 is 4.85. The molecule has 134 valence electrons. The van der Waals surface area contributed by atoms with Crippen LogP contribution in [0.15, 0.2) is 40.2 Å². The first-order chi connectivity index (χ1) is 12.2. The molecule has 1 saturated heterocycles. The van der Waals surface area contributed by atoms with Crippen LogP contribution in [-0.4, -0.2) is 41.8 Å². The van der Waals surface area contributed by atoms with E-state index < -0.39 is 0 Å². The van der Waals surface area contributed by atoms with Crippen molar-refractivity contribution < 1.29 is 4.52 Å². The van der Waals surface area contributed by atoms with Crippen LogP contribution in [0.2, 0.25) is 0 Å². The molecule has 0 bridgehead atoms.